The van der Waals surface area contributed by atoms with Gasteiger partial charge < -0.3 is 20.1 Å². The molecule has 0 aromatic rings. The third-order valence-electron chi connectivity index (χ3n) is 3.14. The number of carbonyl (C=O) groups excluding carboxylic acids is 3. The third kappa shape index (κ3) is 4.28. The minimum Gasteiger partial charge on any atom is -0.465 e. The highest BCUT2D eigenvalue weighted by molar-refractivity contribution is 8.03. The van der Waals surface area contributed by atoms with Gasteiger partial charge in [0.25, 0.3) is 0 Å². The molecule has 8 heteroatoms. The number of ether oxygens (including phenoxy) is 2. The summed E-state index contributed by atoms with van der Waals surface area (Å²) in [5.41, 5.74) is -0.265. The fraction of sp³-hybridized carbons (Fsp3) is 0.533. The smallest absolute Gasteiger partial charge is 0.408 e. The van der Waals surface area contributed by atoms with Crippen molar-refractivity contribution in [3.8, 4) is 0 Å². The van der Waals surface area contributed by atoms with Crippen molar-refractivity contribution in [1.82, 2.24) is 10.6 Å². The van der Waals surface area contributed by atoms with E-state index in [1.807, 2.05) is 0 Å². The largest absolute Gasteiger partial charge is 0.465 e. The lowest BCUT2D eigenvalue weighted by atomic mass is 10.0. The van der Waals surface area contributed by atoms with E-state index in [0.29, 0.717) is 11.3 Å². The fourth-order valence-corrected chi connectivity index (χ4v) is 3.31. The Hall–Kier alpha value is -1.96. The molecule has 0 radical (unpaired) electrons. The number of dihydropyridines is 1. The van der Waals surface area contributed by atoms with Crippen molar-refractivity contribution >= 4 is 29.6 Å². The van der Waals surface area contributed by atoms with Crippen LogP contribution in [0.25, 0.3) is 0 Å². The molecule has 126 valence electrons. The van der Waals surface area contributed by atoms with Crippen LogP contribution in [-0.2, 0) is 19.1 Å². The van der Waals surface area contributed by atoms with Gasteiger partial charge in [0.2, 0.25) is 0 Å². The Morgan fingerprint density at radius 3 is 2.70 bits per heavy atom. The highest BCUT2D eigenvalue weighted by Crippen LogP contribution is 2.31. The molecule has 1 fully saturated rings. The van der Waals surface area contributed by atoms with Crippen molar-refractivity contribution in [2.45, 2.75) is 38.5 Å². The summed E-state index contributed by atoms with van der Waals surface area (Å²) in [4.78, 5) is 36.5. The maximum absolute atomic E-state index is 12.5. The molecule has 0 aliphatic carbocycles. The standard InChI is InChI=1S/C15H20N2O5S/c1-15(2,3)22-14(20)17-9-7-23-10-5-8(13(19)21-4)6-16-11(10)12(9)18/h5-6,9,11,16H,7H2,1-4H3,(H,17,20)/t9-,11?/m0/s1. The molecule has 2 heterocycles. The van der Waals surface area contributed by atoms with Crippen LogP contribution in [0.3, 0.4) is 0 Å². The molecule has 2 aliphatic heterocycles. The van der Waals surface area contributed by atoms with Crippen LogP contribution in [0.2, 0.25) is 0 Å². The second-order valence-electron chi connectivity index (χ2n) is 6.15. The number of Topliss-reactive ketones (excluding diaryl/α,β-unsaturated/α-hetero) is 1. The van der Waals surface area contributed by atoms with E-state index in [4.69, 9.17) is 4.74 Å². The summed E-state index contributed by atoms with van der Waals surface area (Å²) in [6, 6.07) is -1.21. The number of alkyl carbamates (subject to hydrolysis) is 1. The van der Waals surface area contributed by atoms with Gasteiger partial charge in [-0.15, -0.1) is 11.8 Å². The van der Waals surface area contributed by atoms with Crippen molar-refractivity contribution in [3.63, 3.8) is 0 Å². The molecule has 2 aliphatic rings. The van der Waals surface area contributed by atoms with E-state index in [9.17, 15) is 14.4 Å². The van der Waals surface area contributed by atoms with Gasteiger partial charge in [-0.05, 0) is 26.8 Å². The molecular formula is C15H20N2O5S. The highest BCUT2D eigenvalue weighted by atomic mass is 32.2. The number of fused-ring (bicyclic) bond motifs is 1. The first-order valence-electron chi connectivity index (χ1n) is 7.13. The average molecular weight is 340 g/mol. The fourth-order valence-electron chi connectivity index (χ4n) is 2.14. The Labute approximate surface area is 138 Å². The van der Waals surface area contributed by atoms with Crippen LogP contribution >= 0.6 is 11.8 Å². The van der Waals surface area contributed by atoms with Gasteiger partial charge in [-0.25, -0.2) is 9.59 Å². The van der Waals surface area contributed by atoms with Crippen molar-refractivity contribution in [1.29, 1.82) is 0 Å². The number of hydrogen-bond donors (Lipinski definition) is 2. The second-order valence-corrected chi connectivity index (χ2v) is 7.24. The highest BCUT2D eigenvalue weighted by Gasteiger charge is 2.38. The van der Waals surface area contributed by atoms with E-state index in [2.05, 4.69) is 15.4 Å². The summed E-state index contributed by atoms with van der Waals surface area (Å²) in [5, 5.41) is 5.49. The van der Waals surface area contributed by atoms with Gasteiger partial charge in [0.05, 0.1) is 12.7 Å². The van der Waals surface area contributed by atoms with E-state index in [1.165, 1.54) is 25.1 Å². The van der Waals surface area contributed by atoms with Gasteiger partial charge in [-0.1, -0.05) is 0 Å². The first-order valence-corrected chi connectivity index (χ1v) is 8.12. The van der Waals surface area contributed by atoms with Crippen LogP contribution in [0.4, 0.5) is 4.79 Å². The molecule has 7 nitrogen and oxygen atoms in total. The van der Waals surface area contributed by atoms with E-state index in [1.54, 1.807) is 26.8 Å². The van der Waals surface area contributed by atoms with Gasteiger partial charge in [0.15, 0.2) is 5.78 Å². The number of rotatable bonds is 2. The van der Waals surface area contributed by atoms with Crippen molar-refractivity contribution in [2.75, 3.05) is 12.9 Å². The van der Waals surface area contributed by atoms with Crippen LogP contribution in [0, 0.1) is 0 Å². The Kier molecular flexibility index (Phi) is 5.03. The Morgan fingerprint density at radius 1 is 1.39 bits per heavy atom. The molecule has 1 unspecified atom stereocenters. The van der Waals surface area contributed by atoms with Crippen molar-refractivity contribution in [2.24, 2.45) is 0 Å². The first-order chi connectivity index (χ1) is 10.7. The number of hydrogen-bond acceptors (Lipinski definition) is 7. The molecule has 0 aromatic heterocycles. The zero-order valence-corrected chi connectivity index (χ0v) is 14.3. The maximum Gasteiger partial charge on any atom is 0.408 e. The molecule has 0 aromatic carbocycles. The summed E-state index contributed by atoms with van der Waals surface area (Å²) in [6.07, 6.45) is 2.47. The van der Waals surface area contributed by atoms with E-state index in [-0.39, 0.29) is 5.78 Å². The molecule has 0 saturated carbocycles. The predicted molar refractivity (Wildman–Crippen MR) is 85.7 cm³/mol. The molecule has 2 N–H and O–H groups in total. The molecule has 2 rings (SSSR count). The zero-order chi connectivity index (χ0) is 17.2. The van der Waals surface area contributed by atoms with Gasteiger partial charge in [0.1, 0.15) is 17.7 Å². The number of carbonyl (C=O) groups is 3. The number of thioether (sulfide) groups is 1. The van der Waals surface area contributed by atoms with Crippen LogP contribution in [0.1, 0.15) is 20.8 Å². The minimum absolute atomic E-state index is 0.166. The molecular weight excluding hydrogens is 320 g/mol. The van der Waals surface area contributed by atoms with E-state index < -0.39 is 29.7 Å². The minimum atomic E-state index is -0.641. The third-order valence-corrected chi connectivity index (χ3v) is 4.33. The summed E-state index contributed by atoms with van der Waals surface area (Å²) < 4.78 is 9.83. The van der Waals surface area contributed by atoms with E-state index in [0.717, 1.165) is 4.91 Å². The van der Waals surface area contributed by atoms with Crippen LogP contribution in [0.5, 0.6) is 0 Å². The summed E-state index contributed by atoms with van der Waals surface area (Å²) in [5.74, 6) is -0.247. The Bertz CT molecular complexity index is 591. The van der Waals surface area contributed by atoms with Crippen LogP contribution in [-0.4, -0.2) is 48.4 Å². The SMILES string of the molecule is COC(=O)C1=CNC2C(=O)[C@@H](NC(=O)OC(C)(C)C)CSC2=C1. The summed E-state index contributed by atoms with van der Waals surface area (Å²) in [6.45, 7) is 5.27. The van der Waals surface area contributed by atoms with Crippen molar-refractivity contribution < 1.29 is 23.9 Å². The lowest BCUT2D eigenvalue weighted by Gasteiger charge is -2.32. The monoisotopic (exact) mass is 340 g/mol. The first kappa shape index (κ1) is 17.4. The predicted octanol–water partition coefficient (Wildman–Crippen LogP) is 1.11. The second kappa shape index (κ2) is 6.66. The quantitative estimate of drug-likeness (QED) is 0.727. The molecule has 23 heavy (non-hydrogen) atoms. The normalized spacial score (nSPS) is 23.7. The summed E-state index contributed by atoms with van der Waals surface area (Å²) in [7, 11) is 1.30. The average Bonchev–Trinajstić information content (AvgIpc) is 2.47. The maximum atomic E-state index is 12.5. The molecule has 1 saturated heterocycles. The van der Waals surface area contributed by atoms with Gasteiger partial charge in [-0.2, -0.15) is 0 Å². The number of methoxy groups -OCH3 is 1. The summed E-state index contributed by atoms with van der Waals surface area (Å²) >= 11 is 1.41. The lowest BCUT2D eigenvalue weighted by Crippen LogP contribution is -2.54. The molecule has 2 atom stereocenters. The number of amides is 1. The number of nitrogens with one attached hydrogen (secondary N) is 2. The van der Waals surface area contributed by atoms with Gasteiger partial charge in [-0.3, -0.25) is 4.79 Å². The molecule has 0 spiro atoms. The Morgan fingerprint density at radius 2 is 2.09 bits per heavy atom. The van der Waals surface area contributed by atoms with Crippen LogP contribution < -0.4 is 10.6 Å². The lowest BCUT2D eigenvalue weighted by molar-refractivity contribution is -0.135. The Balaban J connectivity index is 2.01. The van der Waals surface area contributed by atoms with Gasteiger partial charge in [0, 0.05) is 16.9 Å². The number of esters is 1. The van der Waals surface area contributed by atoms with Crippen molar-refractivity contribution in [3.05, 3.63) is 22.8 Å². The van der Waals surface area contributed by atoms with E-state index >= 15 is 0 Å². The molecule has 0 bridgehead atoms. The molecule has 1 amide bonds. The number of ketones is 1. The van der Waals surface area contributed by atoms with Gasteiger partial charge >= 0.3 is 12.1 Å². The topological polar surface area (TPSA) is 93.7 Å². The van der Waals surface area contributed by atoms with Crippen LogP contribution in [0.15, 0.2) is 22.8 Å². The zero-order valence-electron chi connectivity index (χ0n) is 13.5.